The monoisotopic (exact) mass is 364 g/mol. The Bertz CT molecular complexity index is 845. The molecule has 3 nitrogen and oxygen atoms in total. The minimum absolute atomic E-state index is 0.333. The molecule has 0 amide bonds. The molecule has 0 saturated heterocycles. The van der Waals surface area contributed by atoms with E-state index < -0.39 is 0 Å². The number of carbonyl (C=O) groups is 1. The van der Waals surface area contributed by atoms with Gasteiger partial charge in [-0.05, 0) is 41.5 Å². The lowest BCUT2D eigenvalue weighted by Crippen LogP contribution is -2.02. The fourth-order valence-corrected chi connectivity index (χ4v) is 3.32. The van der Waals surface area contributed by atoms with Crippen LogP contribution in [0.5, 0.6) is 5.75 Å². The van der Waals surface area contributed by atoms with Gasteiger partial charge in [0.2, 0.25) is 0 Å². The third-order valence-electron chi connectivity index (χ3n) is 3.83. The normalized spacial score (nSPS) is 10.3. The molecule has 4 heteroatoms. The summed E-state index contributed by atoms with van der Waals surface area (Å²) in [5.74, 6) is 1.43. The van der Waals surface area contributed by atoms with Gasteiger partial charge >= 0.3 is 5.97 Å². The van der Waals surface area contributed by atoms with Crippen molar-refractivity contribution in [1.29, 1.82) is 0 Å². The Kier molecular flexibility index (Phi) is 6.34. The van der Waals surface area contributed by atoms with Crippen LogP contribution in [0.2, 0.25) is 0 Å². The minimum atomic E-state index is -0.333. The molecular formula is C22H20O3S. The minimum Gasteiger partial charge on any atom is -0.489 e. The highest BCUT2D eigenvalue weighted by molar-refractivity contribution is 7.98. The fraction of sp³-hybridized carbons (Fsp3) is 0.136. The molecule has 0 N–H and O–H groups in total. The molecular weight excluding hydrogens is 344 g/mol. The van der Waals surface area contributed by atoms with Crippen LogP contribution in [-0.4, -0.2) is 13.1 Å². The van der Waals surface area contributed by atoms with E-state index in [1.165, 1.54) is 17.6 Å². The molecule has 0 aromatic heterocycles. The van der Waals surface area contributed by atoms with Crippen molar-refractivity contribution in [2.24, 2.45) is 0 Å². The topological polar surface area (TPSA) is 35.5 Å². The fourth-order valence-electron chi connectivity index (χ4n) is 2.42. The van der Waals surface area contributed by atoms with Gasteiger partial charge < -0.3 is 9.47 Å². The lowest BCUT2D eigenvalue weighted by molar-refractivity contribution is 0.0600. The maximum atomic E-state index is 11.4. The number of hydrogen-bond acceptors (Lipinski definition) is 4. The van der Waals surface area contributed by atoms with Crippen LogP contribution in [-0.2, 0) is 17.1 Å². The first-order valence-electron chi connectivity index (χ1n) is 8.31. The summed E-state index contributed by atoms with van der Waals surface area (Å²) < 4.78 is 10.6. The van der Waals surface area contributed by atoms with E-state index in [1.54, 1.807) is 23.9 Å². The second-order valence-electron chi connectivity index (χ2n) is 5.73. The third-order valence-corrected chi connectivity index (χ3v) is 4.90. The summed E-state index contributed by atoms with van der Waals surface area (Å²) in [6, 6.07) is 25.7. The molecule has 3 aromatic carbocycles. The molecule has 0 aliphatic carbocycles. The zero-order valence-corrected chi connectivity index (χ0v) is 15.4. The Morgan fingerprint density at radius 1 is 0.885 bits per heavy atom. The number of ether oxygens (including phenoxy) is 2. The van der Waals surface area contributed by atoms with Gasteiger partial charge in [-0.1, -0.05) is 48.5 Å². The summed E-state index contributed by atoms with van der Waals surface area (Å²) >= 11 is 1.79. The Hall–Kier alpha value is -2.72. The standard InChI is InChI=1S/C22H20O3S/c1-24-22(23)19-12-10-17(11-13-19)15-25-20-8-5-9-21(14-20)26-16-18-6-3-2-4-7-18/h2-14H,15-16H2,1H3. The van der Waals surface area contributed by atoms with Crippen LogP contribution in [0, 0.1) is 0 Å². The summed E-state index contributed by atoms with van der Waals surface area (Å²) in [6.45, 7) is 0.453. The highest BCUT2D eigenvalue weighted by Gasteiger charge is 2.05. The summed E-state index contributed by atoms with van der Waals surface area (Å²) in [4.78, 5) is 12.6. The maximum Gasteiger partial charge on any atom is 0.337 e. The van der Waals surface area contributed by atoms with Gasteiger partial charge in [-0.15, -0.1) is 11.8 Å². The van der Waals surface area contributed by atoms with Crippen LogP contribution in [0.1, 0.15) is 21.5 Å². The van der Waals surface area contributed by atoms with Crippen LogP contribution < -0.4 is 4.74 Å². The second kappa shape index (κ2) is 9.11. The quantitative estimate of drug-likeness (QED) is 0.418. The Balaban J connectivity index is 1.56. The largest absolute Gasteiger partial charge is 0.489 e. The molecule has 0 unspecified atom stereocenters. The van der Waals surface area contributed by atoms with E-state index >= 15 is 0 Å². The second-order valence-corrected chi connectivity index (χ2v) is 6.78. The molecule has 26 heavy (non-hydrogen) atoms. The number of hydrogen-bond donors (Lipinski definition) is 0. The zero-order chi connectivity index (χ0) is 18.2. The van der Waals surface area contributed by atoms with Crippen molar-refractivity contribution in [2.75, 3.05) is 7.11 Å². The van der Waals surface area contributed by atoms with Crippen molar-refractivity contribution in [1.82, 2.24) is 0 Å². The molecule has 3 rings (SSSR count). The Labute approximate surface area is 158 Å². The zero-order valence-electron chi connectivity index (χ0n) is 14.6. The molecule has 0 bridgehead atoms. The van der Waals surface area contributed by atoms with E-state index in [0.717, 1.165) is 17.1 Å². The van der Waals surface area contributed by atoms with Gasteiger partial charge in [0.1, 0.15) is 12.4 Å². The van der Waals surface area contributed by atoms with Gasteiger partial charge in [-0.3, -0.25) is 0 Å². The number of esters is 1. The molecule has 3 aromatic rings. The van der Waals surface area contributed by atoms with E-state index in [-0.39, 0.29) is 5.97 Å². The van der Waals surface area contributed by atoms with E-state index in [1.807, 2.05) is 30.3 Å². The average molecular weight is 364 g/mol. The van der Waals surface area contributed by atoms with Crippen molar-refractivity contribution < 1.29 is 14.3 Å². The molecule has 0 atom stereocenters. The van der Waals surface area contributed by atoms with Crippen molar-refractivity contribution >= 4 is 17.7 Å². The third kappa shape index (κ3) is 5.14. The number of carbonyl (C=O) groups excluding carboxylic acids is 1. The Morgan fingerprint density at radius 3 is 2.38 bits per heavy atom. The lowest BCUT2D eigenvalue weighted by atomic mass is 10.1. The van der Waals surface area contributed by atoms with Crippen LogP contribution in [0.25, 0.3) is 0 Å². The number of benzene rings is 3. The van der Waals surface area contributed by atoms with Crippen molar-refractivity contribution in [2.45, 2.75) is 17.3 Å². The van der Waals surface area contributed by atoms with E-state index in [2.05, 4.69) is 36.4 Å². The molecule has 0 spiro atoms. The van der Waals surface area contributed by atoms with Gasteiger partial charge in [-0.25, -0.2) is 4.79 Å². The highest BCUT2D eigenvalue weighted by Crippen LogP contribution is 2.26. The van der Waals surface area contributed by atoms with Gasteiger partial charge in [0.15, 0.2) is 0 Å². The first-order valence-corrected chi connectivity index (χ1v) is 9.30. The first kappa shape index (κ1) is 18.1. The SMILES string of the molecule is COC(=O)c1ccc(COc2cccc(SCc3ccccc3)c2)cc1. The van der Waals surface area contributed by atoms with Crippen LogP contribution >= 0.6 is 11.8 Å². The summed E-state index contributed by atoms with van der Waals surface area (Å²) in [5, 5.41) is 0. The van der Waals surface area contributed by atoms with E-state index in [0.29, 0.717) is 12.2 Å². The lowest BCUT2D eigenvalue weighted by Gasteiger charge is -2.09. The molecule has 0 aliphatic heterocycles. The Morgan fingerprint density at radius 2 is 1.65 bits per heavy atom. The molecule has 0 aliphatic rings. The molecule has 0 radical (unpaired) electrons. The summed E-state index contributed by atoms with van der Waals surface area (Å²) in [7, 11) is 1.38. The predicted molar refractivity (Wildman–Crippen MR) is 105 cm³/mol. The highest BCUT2D eigenvalue weighted by atomic mass is 32.2. The molecule has 0 heterocycles. The molecule has 0 saturated carbocycles. The van der Waals surface area contributed by atoms with Crippen LogP contribution in [0.4, 0.5) is 0 Å². The van der Waals surface area contributed by atoms with Crippen molar-refractivity contribution in [3.63, 3.8) is 0 Å². The smallest absolute Gasteiger partial charge is 0.337 e. The molecule has 0 fully saturated rings. The van der Waals surface area contributed by atoms with Gasteiger partial charge in [-0.2, -0.15) is 0 Å². The molecule has 132 valence electrons. The van der Waals surface area contributed by atoms with Crippen molar-refractivity contribution in [3.05, 3.63) is 95.6 Å². The van der Waals surface area contributed by atoms with E-state index in [9.17, 15) is 4.79 Å². The average Bonchev–Trinajstić information content (AvgIpc) is 2.71. The number of thioether (sulfide) groups is 1. The van der Waals surface area contributed by atoms with Gasteiger partial charge in [0.05, 0.1) is 12.7 Å². The van der Waals surface area contributed by atoms with E-state index in [4.69, 9.17) is 9.47 Å². The van der Waals surface area contributed by atoms with Crippen LogP contribution in [0.3, 0.4) is 0 Å². The number of methoxy groups -OCH3 is 1. The first-order chi connectivity index (χ1) is 12.7. The summed E-state index contributed by atoms with van der Waals surface area (Å²) in [6.07, 6.45) is 0. The van der Waals surface area contributed by atoms with Gasteiger partial charge in [0, 0.05) is 10.6 Å². The summed E-state index contributed by atoms with van der Waals surface area (Å²) in [5.41, 5.74) is 2.84. The number of rotatable bonds is 7. The van der Waals surface area contributed by atoms with Crippen molar-refractivity contribution in [3.8, 4) is 5.75 Å². The predicted octanol–water partition coefficient (Wildman–Crippen LogP) is 5.34. The van der Waals surface area contributed by atoms with Crippen LogP contribution in [0.15, 0.2) is 83.8 Å². The van der Waals surface area contributed by atoms with Gasteiger partial charge in [0.25, 0.3) is 0 Å². The maximum absolute atomic E-state index is 11.4.